The molecule has 0 radical (unpaired) electrons. The van der Waals surface area contributed by atoms with Crippen molar-refractivity contribution >= 4 is 5.91 Å². The van der Waals surface area contributed by atoms with Crippen LogP contribution in [0, 0.1) is 0 Å². The molecule has 0 aliphatic carbocycles. The van der Waals surface area contributed by atoms with Crippen LogP contribution in [-0.4, -0.2) is 23.2 Å². The van der Waals surface area contributed by atoms with Gasteiger partial charge in [-0.2, -0.15) is 4.98 Å². The molecule has 1 aromatic heterocycles. The highest BCUT2D eigenvalue weighted by molar-refractivity contribution is 5.76. The lowest BCUT2D eigenvalue weighted by Crippen LogP contribution is -2.27. The fourth-order valence-electron chi connectivity index (χ4n) is 3.00. The van der Waals surface area contributed by atoms with Crippen LogP contribution in [0.2, 0.25) is 0 Å². The van der Waals surface area contributed by atoms with Gasteiger partial charge in [0.05, 0.1) is 13.2 Å². The Bertz CT molecular complexity index is 919. The molecule has 1 atom stereocenters. The van der Waals surface area contributed by atoms with E-state index in [1.165, 1.54) is 5.56 Å². The molecule has 28 heavy (non-hydrogen) atoms. The van der Waals surface area contributed by atoms with Crippen LogP contribution in [0.15, 0.2) is 53.1 Å². The summed E-state index contributed by atoms with van der Waals surface area (Å²) in [4.78, 5) is 16.7. The second-order valence-corrected chi connectivity index (χ2v) is 6.59. The minimum Gasteiger partial charge on any atom is -0.496 e. The number of carbonyl (C=O) groups is 1. The first kappa shape index (κ1) is 19.6. The van der Waals surface area contributed by atoms with Gasteiger partial charge in [0.2, 0.25) is 17.6 Å². The average molecular weight is 379 g/mol. The number of benzene rings is 2. The Hall–Kier alpha value is -3.15. The number of rotatable bonds is 8. The Morgan fingerprint density at radius 3 is 2.64 bits per heavy atom. The lowest BCUT2D eigenvalue weighted by molar-refractivity contribution is -0.121. The minimum atomic E-state index is -0.154. The number of aryl methyl sites for hydroxylation is 2. The SMILES string of the molecule is CCc1ccc(-c2noc(CCC(=O)N[C@H](C)c3ccccc3OC)n2)cc1. The van der Waals surface area contributed by atoms with Gasteiger partial charge in [-0.15, -0.1) is 0 Å². The zero-order valence-corrected chi connectivity index (χ0v) is 16.4. The van der Waals surface area contributed by atoms with Crippen LogP contribution in [0.4, 0.5) is 0 Å². The molecular formula is C22H25N3O3. The van der Waals surface area contributed by atoms with Crippen molar-refractivity contribution in [3.63, 3.8) is 0 Å². The highest BCUT2D eigenvalue weighted by Gasteiger charge is 2.15. The maximum Gasteiger partial charge on any atom is 0.227 e. The minimum absolute atomic E-state index is 0.0783. The van der Waals surface area contributed by atoms with Crippen molar-refractivity contribution < 1.29 is 14.1 Å². The predicted octanol–water partition coefficient (Wildman–Crippen LogP) is 4.12. The first-order valence-corrected chi connectivity index (χ1v) is 9.45. The molecule has 2 aromatic carbocycles. The van der Waals surface area contributed by atoms with Gasteiger partial charge in [-0.25, -0.2) is 0 Å². The van der Waals surface area contributed by atoms with E-state index in [-0.39, 0.29) is 18.4 Å². The Morgan fingerprint density at radius 1 is 1.18 bits per heavy atom. The summed E-state index contributed by atoms with van der Waals surface area (Å²) in [6.07, 6.45) is 1.65. The maximum atomic E-state index is 12.3. The highest BCUT2D eigenvalue weighted by Crippen LogP contribution is 2.24. The molecule has 6 nitrogen and oxygen atoms in total. The monoisotopic (exact) mass is 379 g/mol. The summed E-state index contributed by atoms with van der Waals surface area (Å²) in [7, 11) is 1.62. The summed E-state index contributed by atoms with van der Waals surface area (Å²) in [5.74, 6) is 1.67. The van der Waals surface area contributed by atoms with Crippen molar-refractivity contribution in [2.45, 2.75) is 39.2 Å². The Morgan fingerprint density at radius 2 is 1.93 bits per heavy atom. The topological polar surface area (TPSA) is 77.2 Å². The second kappa shape index (κ2) is 9.17. The number of aromatic nitrogens is 2. The predicted molar refractivity (Wildman–Crippen MR) is 107 cm³/mol. The molecule has 146 valence electrons. The van der Waals surface area contributed by atoms with Gasteiger partial charge in [-0.05, 0) is 25.0 Å². The Kier molecular flexibility index (Phi) is 6.42. The zero-order chi connectivity index (χ0) is 19.9. The number of ether oxygens (including phenoxy) is 1. The molecular weight excluding hydrogens is 354 g/mol. The third-order valence-corrected chi connectivity index (χ3v) is 4.64. The molecule has 0 unspecified atom stereocenters. The number of hydrogen-bond acceptors (Lipinski definition) is 5. The number of methoxy groups -OCH3 is 1. The van der Waals surface area contributed by atoms with Crippen LogP contribution < -0.4 is 10.1 Å². The molecule has 0 spiro atoms. The van der Waals surface area contributed by atoms with Gasteiger partial charge in [-0.3, -0.25) is 4.79 Å². The third kappa shape index (κ3) is 4.76. The van der Waals surface area contributed by atoms with Crippen LogP contribution >= 0.6 is 0 Å². The lowest BCUT2D eigenvalue weighted by atomic mass is 10.1. The van der Waals surface area contributed by atoms with Crippen LogP contribution in [-0.2, 0) is 17.6 Å². The van der Waals surface area contributed by atoms with Gasteiger partial charge in [-0.1, -0.05) is 54.5 Å². The van der Waals surface area contributed by atoms with Gasteiger partial charge >= 0.3 is 0 Å². The van der Waals surface area contributed by atoms with E-state index in [0.717, 1.165) is 23.3 Å². The number of para-hydroxylation sites is 1. The maximum absolute atomic E-state index is 12.3. The van der Waals surface area contributed by atoms with Crippen molar-refractivity contribution in [2.24, 2.45) is 0 Å². The summed E-state index contributed by atoms with van der Waals surface area (Å²) in [5.41, 5.74) is 3.10. The Balaban J connectivity index is 1.55. The van der Waals surface area contributed by atoms with Crippen molar-refractivity contribution in [3.05, 3.63) is 65.5 Å². The van der Waals surface area contributed by atoms with E-state index in [4.69, 9.17) is 9.26 Å². The molecule has 0 aliphatic heterocycles. The fourth-order valence-corrected chi connectivity index (χ4v) is 3.00. The molecule has 0 fully saturated rings. The van der Waals surface area contributed by atoms with E-state index < -0.39 is 0 Å². The molecule has 3 rings (SSSR count). The molecule has 0 bridgehead atoms. The van der Waals surface area contributed by atoms with Gasteiger partial charge in [0.1, 0.15) is 5.75 Å². The number of hydrogen-bond donors (Lipinski definition) is 1. The van der Waals surface area contributed by atoms with Gasteiger partial charge in [0.15, 0.2) is 0 Å². The van der Waals surface area contributed by atoms with Crippen molar-refractivity contribution in [1.29, 1.82) is 0 Å². The molecule has 0 saturated carbocycles. The van der Waals surface area contributed by atoms with E-state index in [0.29, 0.717) is 18.1 Å². The number of nitrogens with one attached hydrogen (secondary N) is 1. The normalized spacial score (nSPS) is 11.8. The summed E-state index contributed by atoms with van der Waals surface area (Å²) in [6, 6.07) is 15.6. The van der Waals surface area contributed by atoms with Crippen molar-refractivity contribution in [1.82, 2.24) is 15.5 Å². The van der Waals surface area contributed by atoms with E-state index in [1.54, 1.807) is 7.11 Å². The van der Waals surface area contributed by atoms with Gasteiger partial charge in [0.25, 0.3) is 0 Å². The largest absolute Gasteiger partial charge is 0.496 e. The number of carbonyl (C=O) groups excluding carboxylic acids is 1. The summed E-state index contributed by atoms with van der Waals surface area (Å²) >= 11 is 0. The van der Waals surface area contributed by atoms with Gasteiger partial charge in [0, 0.05) is 24.0 Å². The van der Waals surface area contributed by atoms with Crippen LogP contribution in [0.1, 0.15) is 43.3 Å². The average Bonchev–Trinajstić information content (AvgIpc) is 3.21. The quantitative estimate of drug-likeness (QED) is 0.637. The van der Waals surface area contributed by atoms with Gasteiger partial charge < -0.3 is 14.6 Å². The number of amides is 1. The lowest BCUT2D eigenvalue weighted by Gasteiger charge is -2.17. The molecule has 1 N–H and O–H groups in total. The van der Waals surface area contributed by atoms with E-state index in [1.807, 2.05) is 43.3 Å². The smallest absolute Gasteiger partial charge is 0.227 e. The summed E-state index contributed by atoms with van der Waals surface area (Å²) < 4.78 is 10.6. The third-order valence-electron chi connectivity index (χ3n) is 4.64. The van der Waals surface area contributed by atoms with Crippen molar-refractivity contribution in [3.8, 4) is 17.1 Å². The van der Waals surface area contributed by atoms with Crippen LogP contribution in [0.5, 0.6) is 5.75 Å². The zero-order valence-electron chi connectivity index (χ0n) is 16.4. The second-order valence-electron chi connectivity index (χ2n) is 6.59. The first-order valence-electron chi connectivity index (χ1n) is 9.45. The molecule has 6 heteroatoms. The van der Waals surface area contributed by atoms with Crippen LogP contribution in [0.3, 0.4) is 0 Å². The van der Waals surface area contributed by atoms with E-state index in [9.17, 15) is 4.79 Å². The molecule has 3 aromatic rings. The molecule has 1 amide bonds. The Labute approximate surface area is 164 Å². The number of nitrogens with zero attached hydrogens (tertiary/aromatic N) is 2. The summed E-state index contributed by atoms with van der Waals surface area (Å²) in [5, 5.41) is 7.00. The molecule has 0 saturated heterocycles. The van der Waals surface area contributed by atoms with E-state index in [2.05, 4.69) is 34.5 Å². The van der Waals surface area contributed by atoms with Crippen LogP contribution in [0.25, 0.3) is 11.4 Å². The fraction of sp³-hybridized carbons (Fsp3) is 0.318. The molecule has 0 aliphatic rings. The first-order chi connectivity index (χ1) is 13.6. The van der Waals surface area contributed by atoms with Crippen molar-refractivity contribution in [2.75, 3.05) is 7.11 Å². The summed E-state index contributed by atoms with van der Waals surface area (Å²) in [6.45, 7) is 4.04. The highest BCUT2D eigenvalue weighted by atomic mass is 16.5. The van der Waals surface area contributed by atoms with E-state index >= 15 is 0 Å². The standard InChI is InChI=1S/C22H25N3O3/c1-4-16-9-11-17(12-10-16)22-24-21(28-25-22)14-13-20(26)23-15(2)18-7-5-6-8-19(18)27-3/h5-12,15H,4,13-14H2,1-3H3,(H,23,26)/t15-/m1/s1. The molecule has 1 heterocycles.